The van der Waals surface area contributed by atoms with Gasteiger partial charge in [0.1, 0.15) is 27.5 Å². The smallest absolute Gasteiger partial charge is 0.368 e. The maximum absolute atomic E-state index is 12.9. The summed E-state index contributed by atoms with van der Waals surface area (Å²) in [4.78, 5) is 20.1. The first kappa shape index (κ1) is 21.3. The van der Waals surface area contributed by atoms with Crippen LogP contribution in [-0.4, -0.2) is 27.8 Å². The fourth-order valence-electron chi connectivity index (χ4n) is 2.11. The van der Waals surface area contributed by atoms with Crippen LogP contribution in [0.1, 0.15) is 16.7 Å². The molecule has 0 fully saturated rings. The molecule has 0 amide bonds. The summed E-state index contributed by atoms with van der Waals surface area (Å²) in [5.41, 5.74) is 5.02. The maximum atomic E-state index is 12.9. The van der Waals surface area contributed by atoms with E-state index in [4.69, 9.17) is 17.3 Å². The monoisotopic (exact) mass is 432 g/mol. The summed E-state index contributed by atoms with van der Waals surface area (Å²) in [6.07, 6.45) is -3.08. The number of halogens is 4. The van der Waals surface area contributed by atoms with Gasteiger partial charge in [0.05, 0.1) is 16.3 Å². The molecule has 0 bridgehead atoms. The predicted molar refractivity (Wildman–Crippen MR) is 98.8 cm³/mol. The quantitative estimate of drug-likeness (QED) is 0.539. The van der Waals surface area contributed by atoms with E-state index in [-0.39, 0.29) is 40.1 Å². The third kappa shape index (κ3) is 5.51. The summed E-state index contributed by atoms with van der Waals surface area (Å²) in [6, 6.07) is 5.32. The number of carbonyl (C=O) groups excluding carboxylic acids is 1. The minimum atomic E-state index is -4.60. The molecule has 0 aliphatic rings. The molecule has 0 spiro atoms. The highest BCUT2D eigenvalue weighted by atomic mass is 35.5. The largest absolute Gasteiger partial charge is 0.417 e. The first-order chi connectivity index (χ1) is 12.7. The molecule has 2 aromatic rings. The lowest BCUT2D eigenvalue weighted by molar-refractivity contribution is -0.137. The van der Waals surface area contributed by atoms with Crippen molar-refractivity contribution < 1.29 is 18.0 Å². The first-order valence-corrected chi connectivity index (χ1v) is 9.86. The van der Waals surface area contributed by atoms with Crippen molar-refractivity contribution >= 4 is 46.9 Å². The van der Waals surface area contributed by atoms with Crippen LogP contribution in [0.15, 0.2) is 28.3 Å². The van der Waals surface area contributed by atoms with Crippen LogP contribution >= 0.6 is 35.1 Å². The minimum Gasteiger partial charge on any atom is -0.368 e. The number of ketones is 1. The molecule has 27 heavy (non-hydrogen) atoms. The first-order valence-electron chi connectivity index (χ1n) is 7.27. The summed E-state index contributed by atoms with van der Waals surface area (Å²) in [5.74, 6) is -0.439. The van der Waals surface area contributed by atoms with Crippen molar-refractivity contribution in [1.29, 1.82) is 5.26 Å². The zero-order valence-corrected chi connectivity index (χ0v) is 16.2. The number of carbonyl (C=O) groups is 1. The van der Waals surface area contributed by atoms with Crippen LogP contribution in [0.2, 0.25) is 5.02 Å². The fourth-order valence-corrected chi connectivity index (χ4v) is 3.78. The maximum Gasteiger partial charge on any atom is 0.417 e. The van der Waals surface area contributed by atoms with E-state index in [2.05, 4.69) is 9.97 Å². The van der Waals surface area contributed by atoms with Gasteiger partial charge in [-0.1, -0.05) is 29.4 Å². The zero-order chi connectivity index (χ0) is 20.2. The van der Waals surface area contributed by atoms with Crippen LogP contribution < -0.4 is 5.73 Å². The van der Waals surface area contributed by atoms with E-state index in [1.807, 2.05) is 6.07 Å². The molecule has 0 aliphatic carbocycles. The molecular formula is C16H12ClF3N4OS2. The van der Waals surface area contributed by atoms with E-state index in [1.165, 1.54) is 17.8 Å². The minimum absolute atomic E-state index is 0.0270. The molecule has 142 valence electrons. The van der Waals surface area contributed by atoms with Gasteiger partial charge in [0, 0.05) is 6.42 Å². The predicted octanol–water partition coefficient (Wildman–Crippen LogP) is 4.23. The third-order valence-corrected chi connectivity index (χ3v) is 5.32. The van der Waals surface area contributed by atoms with Gasteiger partial charge >= 0.3 is 6.18 Å². The van der Waals surface area contributed by atoms with Crippen molar-refractivity contribution in [1.82, 2.24) is 9.97 Å². The Kier molecular flexibility index (Phi) is 6.97. The van der Waals surface area contributed by atoms with Crippen LogP contribution in [0.25, 0.3) is 0 Å². The zero-order valence-electron chi connectivity index (χ0n) is 13.8. The Labute approximate surface area is 166 Å². The molecule has 0 aliphatic heterocycles. The molecule has 0 radical (unpaired) electrons. The van der Waals surface area contributed by atoms with Crippen LogP contribution in [0, 0.1) is 11.3 Å². The molecule has 2 N–H and O–H groups in total. The molecule has 2 rings (SSSR count). The standard InChI is InChI=1S/C16H12ClF3N4OS2/c1-26-13-10(6-21)14(24-15(22)23-13)27-7-9(25)4-8-2-3-12(17)11(5-8)16(18,19)20/h2-3,5H,4,7H2,1H3,(H2,22,23,24). The normalized spacial score (nSPS) is 11.3. The van der Waals surface area contributed by atoms with Gasteiger partial charge < -0.3 is 5.73 Å². The number of hydrogen-bond donors (Lipinski definition) is 1. The molecule has 1 aromatic carbocycles. The number of anilines is 1. The average molecular weight is 433 g/mol. The van der Waals surface area contributed by atoms with Crippen LogP contribution in [0.3, 0.4) is 0 Å². The Morgan fingerprint density at radius 2 is 2.00 bits per heavy atom. The van der Waals surface area contributed by atoms with E-state index in [9.17, 15) is 23.2 Å². The van der Waals surface area contributed by atoms with Crippen molar-refractivity contribution in [2.24, 2.45) is 0 Å². The van der Waals surface area contributed by atoms with Gasteiger partial charge in [-0.15, -0.1) is 11.8 Å². The van der Waals surface area contributed by atoms with Crippen molar-refractivity contribution in [3.63, 3.8) is 0 Å². The van der Waals surface area contributed by atoms with Gasteiger partial charge in [-0.2, -0.15) is 18.4 Å². The lowest BCUT2D eigenvalue weighted by atomic mass is 10.1. The van der Waals surface area contributed by atoms with E-state index < -0.39 is 16.8 Å². The van der Waals surface area contributed by atoms with E-state index >= 15 is 0 Å². The number of benzene rings is 1. The lowest BCUT2D eigenvalue weighted by Gasteiger charge is -2.11. The van der Waals surface area contributed by atoms with Gasteiger partial charge in [0.15, 0.2) is 0 Å². The number of nitrogen functional groups attached to an aromatic ring is 1. The second-order valence-corrected chi connectivity index (χ2v) is 7.37. The van der Waals surface area contributed by atoms with E-state index in [1.54, 1.807) is 6.26 Å². The summed E-state index contributed by atoms with van der Waals surface area (Å²) in [5, 5.41) is 9.48. The Bertz CT molecular complexity index is 916. The number of Topliss-reactive ketones (excluding diaryl/α,β-unsaturated/α-hetero) is 1. The molecule has 0 atom stereocenters. The molecule has 1 heterocycles. The number of rotatable bonds is 6. The Hall–Kier alpha value is -1.96. The highest BCUT2D eigenvalue weighted by molar-refractivity contribution is 8.00. The number of nitrogens with zero attached hydrogens (tertiary/aromatic N) is 3. The Morgan fingerprint density at radius 3 is 2.59 bits per heavy atom. The van der Waals surface area contributed by atoms with Crippen molar-refractivity contribution in [2.75, 3.05) is 17.7 Å². The third-order valence-electron chi connectivity index (χ3n) is 3.27. The van der Waals surface area contributed by atoms with Crippen LogP contribution in [0.5, 0.6) is 0 Å². The molecular weight excluding hydrogens is 421 g/mol. The van der Waals surface area contributed by atoms with E-state index in [0.717, 1.165) is 23.9 Å². The lowest BCUT2D eigenvalue weighted by Crippen LogP contribution is -2.10. The summed E-state index contributed by atoms with van der Waals surface area (Å²) in [7, 11) is 0. The van der Waals surface area contributed by atoms with Crippen molar-refractivity contribution in [3.05, 3.63) is 39.9 Å². The second kappa shape index (κ2) is 8.82. The van der Waals surface area contributed by atoms with Gasteiger partial charge in [0.2, 0.25) is 5.95 Å². The van der Waals surface area contributed by atoms with Gasteiger partial charge in [-0.25, -0.2) is 9.97 Å². The van der Waals surface area contributed by atoms with Gasteiger partial charge in [-0.05, 0) is 24.0 Å². The number of alkyl halides is 3. The average Bonchev–Trinajstić information content (AvgIpc) is 2.60. The van der Waals surface area contributed by atoms with Crippen LogP contribution in [0.4, 0.5) is 19.1 Å². The number of thioether (sulfide) groups is 2. The fraction of sp³-hybridized carbons (Fsp3) is 0.250. The van der Waals surface area contributed by atoms with Crippen molar-refractivity contribution in [3.8, 4) is 6.07 Å². The summed E-state index contributed by atoms with van der Waals surface area (Å²) < 4.78 is 38.7. The molecule has 5 nitrogen and oxygen atoms in total. The molecule has 11 heteroatoms. The molecule has 1 aromatic heterocycles. The highest BCUT2D eigenvalue weighted by Gasteiger charge is 2.33. The van der Waals surface area contributed by atoms with Gasteiger partial charge in [-0.3, -0.25) is 4.79 Å². The molecule has 0 saturated heterocycles. The summed E-state index contributed by atoms with van der Waals surface area (Å²) >= 11 is 7.78. The highest BCUT2D eigenvalue weighted by Crippen LogP contribution is 2.35. The van der Waals surface area contributed by atoms with Crippen LogP contribution in [-0.2, 0) is 17.4 Å². The number of nitrogens with two attached hydrogens (primary N) is 1. The molecule has 0 saturated carbocycles. The van der Waals surface area contributed by atoms with Gasteiger partial charge in [0.25, 0.3) is 0 Å². The SMILES string of the molecule is CSc1nc(N)nc(SCC(=O)Cc2ccc(Cl)c(C(F)(F)F)c2)c1C#N. The number of hydrogen-bond acceptors (Lipinski definition) is 7. The molecule has 0 unspecified atom stereocenters. The van der Waals surface area contributed by atoms with E-state index in [0.29, 0.717) is 5.03 Å². The topological polar surface area (TPSA) is 92.7 Å². The Balaban J connectivity index is 2.12. The van der Waals surface area contributed by atoms with Crippen molar-refractivity contribution in [2.45, 2.75) is 22.6 Å². The summed E-state index contributed by atoms with van der Waals surface area (Å²) in [6.45, 7) is 0. The number of aromatic nitrogens is 2. The number of nitriles is 1. The Morgan fingerprint density at radius 1 is 1.33 bits per heavy atom. The second-order valence-electron chi connectivity index (χ2n) is 5.20.